The molecule has 1 aromatic heterocycles. The molecule has 1 fully saturated rings. The van der Waals surface area contributed by atoms with Gasteiger partial charge in [0.25, 0.3) is 0 Å². The minimum Gasteiger partial charge on any atom is -0.479 e. The Balaban J connectivity index is 1.78. The lowest BCUT2D eigenvalue weighted by molar-refractivity contribution is -0.144. The maximum atomic E-state index is 11.6. The molecule has 0 radical (unpaired) electrons. The fourth-order valence-corrected chi connectivity index (χ4v) is 1.74. The Kier molecular flexibility index (Phi) is 3.95. The monoisotopic (exact) mass is 270 g/mol. The normalized spacial score (nSPS) is 22.1. The Labute approximate surface area is 108 Å². The number of hydrogen-bond acceptors (Lipinski definition) is 6. The second kappa shape index (κ2) is 5.65. The van der Waals surface area contributed by atoms with Gasteiger partial charge >= 0.3 is 12.0 Å². The van der Waals surface area contributed by atoms with Crippen LogP contribution in [0.1, 0.15) is 12.2 Å². The first kappa shape index (κ1) is 13.3. The van der Waals surface area contributed by atoms with Crippen molar-refractivity contribution in [2.24, 2.45) is 0 Å². The van der Waals surface area contributed by atoms with Gasteiger partial charge in [-0.25, -0.2) is 9.59 Å². The molecule has 19 heavy (non-hydrogen) atoms. The lowest BCUT2D eigenvalue weighted by Crippen LogP contribution is -2.57. The Bertz CT molecular complexity index is 441. The molecule has 9 nitrogen and oxygen atoms in total. The van der Waals surface area contributed by atoms with Crippen LogP contribution < -0.4 is 10.6 Å². The molecule has 1 aliphatic heterocycles. The maximum Gasteiger partial charge on any atom is 0.332 e. The molecule has 1 atom stereocenters. The Morgan fingerprint density at radius 3 is 2.95 bits per heavy atom. The minimum absolute atomic E-state index is 0.0272. The van der Waals surface area contributed by atoms with Gasteiger partial charge in [0.1, 0.15) is 0 Å². The third kappa shape index (κ3) is 3.19. The van der Waals surface area contributed by atoms with E-state index in [1.165, 1.54) is 6.39 Å². The summed E-state index contributed by atoms with van der Waals surface area (Å²) in [7, 11) is 0. The summed E-state index contributed by atoms with van der Waals surface area (Å²) in [5.41, 5.74) is -1.34. The molecule has 2 rings (SSSR count). The van der Waals surface area contributed by atoms with Crippen molar-refractivity contribution in [2.45, 2.75) is 18.4 Å². The number of carbonyl (C=O) groups excluding carboxylic acids is 1. The number of rotatable bonds is 5. The first-order chi connectivity index (χ1) is 9.12. The van der Waals surface area contributed by atoms with Crippen LogP contribution in [-0.2, 0) is 16.0 Å². The summed E-state index contributed by atoms with van der Waals surface area (Å²) in [6.07, 6.45) is 1.85. The van der Waals surface area contributed by atoms with E-state index in [-0.39, 0.29) is 19.6 Å². The van der Waals surface area contributed by atoms with Gasteiger partial charge in [-0.1, -0.05) is 5.16 Å². The third-order valence-electron chi connectivity index (χ3n) is 2.82. The number of carboxylic acids is 1. The van der Waals surface area contributed by atoms with Gasteiger partial charge in [0.05, 0.1) is 6.61 Å². The summed E-state index contributed by atoms with van der Waals surface area (Å²) in [6, 6.07) is -0.559. The van der Waals surface area contributed by atoms with Crippen LogP contribution in [0.5, 0.6) is 0 Å². The third-order valence-corrected chi connectivity index (χ3v) is 2.82. The van der Waals surface area contributed by atoms with Crippen molar-refractivity contribution >= 4 is 12.0 Å². The average Bonchev–Trinajstić information content (AvgIpc) is 3.00. The van der Waals surface area contributed by atoms with Gasteiger partial charge in [0, 0.05) is 26.0 Å². The summed E-state index contributed by atoms with van der Waals surface area (Å²) in [6.45, 7) is 0.567. The molecule has 1 aliphatic rings. The molecular weight excluding hydrogens is 256 g/mol. The van der Waals surface area contributed by atoms with E-state index < -0.39 is 17.5 Å². The van der Waals surface area contributed by atoms with Gasteiger partial charge in [-0.15, -0.1) is 0 Å². The minimum atomic E-state index is -1.34. The zero-order chi connectivity index (χ0) is 13.7. The van der Waals surface area contributed by atoms with Crippen LogP contribution in [0.4, 0.5) is 4.79 Å². The molecule has 2 amide bonds. The number of aliphatic carboxylic acids is 1. The quantitative estimate of drug-likeness (QED) is 0.636. The van der Waals surface area contributed by atoms with Crippen LogP contribution in [0.2, 0.25) is 0 Å². The Hall–Kier alpha value is -2.16. The summed E-state index contributed by atoms with van der Waals surface area (Å²) in [5.74, 6) is -0.629. The molecule has 0 spiro atoms. The van der Waals surface area contributed by atoms with Crippen LogP contribution in [0, 0.1) is 0 Å². The predicted octanol–water partition coefficient (Wildman–Crippen LogP) is -0.845. The summed E-state index contributed by atoms with van der Waals surface area (Å²) in [5, 5.41) is 17.7. The van der Waals surface area contributed by atoms with Crippen LogP contribution in [-0.4, -0.2) is 52.5 Å². The number of carboxylic acid groups (broad SMARTS) is 1. The van der Waals surface area contributed by atoms with E-state index in [0.29, 0.717) is 18.9 Å². The van der Waals surface area contributed by atoms with E-state index in [1.807, 2.05) is 0 Å². The van der Waals surface area contributed by atoms with E-state index in [0.717, 1.165) is 0 Å². The first-order valence-corrected chi connectivity index (χ1v) is 5.75. The Morgan fingerprint density at radius 2 is 2.37 bits per heavy atom. The van der Waals surface area contributed by atoms with Crippen molar-refractivity contribution in [3.05, 3.63) is 12.2 Å². The smallest absolute Gasteiger partial charge is 0.332 e. The van der Waals surface area contributed by atoms with Gasteiger partial charge < -0.3 is 25.0 Å². The Morgan fingerprint density at radius 1 is 1.53 bits per heavy atom. The molecular formula is C10H14N4O5. The first-order valence-electron chi connectivity index (χ1n) is 5.75. The fraction of sp³-hybridized carbons (Fsp3) is 0.600. The van der Waals surface area contributed by atoms with Gasteiger partial charge in [0.2, 0.25) is 6.39 Å². The molecule has 1 aromatic rings. The highest BCUT2D eigenvalue weighted by atomic mass is 16.5. The molecule has 0 aliphatic carbocycles. The maximum absolute atomic E-state index is 11.6. The van der Waals surface area contributed by atoms with Gasteiger partial charge in [-0.05, 0) is 0 Å². The molecule has 0 aromatic carbocycles. The average molecular weight is 270 g/mol. The van der Waals surface area contributed by atoms with Crippen molar-refractivity contribution in [1.29, 1.82) is 0 Å². The molecule has 104 valence electrons. The van der Waals surface area contributed by atoms with E-state index in [2.05, 4.69) is 25.3 Å². The van der Waals surface area contributed by atoms with Crippen molar-refractivity contribution < 1.29 is 24.0 Å². The highest BCUT2D eigenvalue weighted by molar-refractivity contribution is 5.86. The zero-order valence-electron chi connectivity index (χ0n) is 10.1. The van der Waals surface area contributed by atoms with Gasteiger partial charge in [-0.3, -0.25) is 0 Å². The topological polar surface area (TPSA) is 127 Å². The molecule has 1 saturated heterocycles. The van der Waals surface area contributed by atoms with Gasteiger partial charge in [0.15, 0.2) is 11.4 Å². The number of carbonyl (C=O) groups is 2. The SMILES string of the molecule is O=C(NCCc1ncon1)NC1(C(=O)O)CCOC1. The summed E-state index contributed by atoms with van der Waals surface area (Å²) in [4.78, 5) is 26.6. The number of amides is 2. The highest BCUT2D eigenvalue weighted by Gasteiger charge is 2.43. The predicted molar refractivity (Wildman–Crippen MR) is 60.3 cm³/mol. The fourth-order valence-electron chi connectivity index (χ4n) is 1.74. The standard InChI is InChI=1S/C10H14N4O5/c15-8(16)10(2-4-18-5-10)13-9(17)11-3-1-7-12-6-19-14-7/h6H,1-5H2,(H,15,16)(H2,11,13,17). The molecule has 1 unspecified atom stereocenters. The van der Waals surface area contributed by atoms with E-state index >= 15 is 0 Å². The molecule has 9 heteroatoms. The largest absolute Gasteiger partial charge is 0.479 e. The number of urea groups is 1. The van der Waals surface area contributed by atoms with Gasteiger partial charge in [-0.2, -0.15) is 4.98 Å². The number of aromatic nitrogens is 2. The van der Waals surface area contributed by atoms with E-state index in [1.54, 1.807) is 0 Å². The van der Waals surface area contributed by atoms with E-state index in [4.69, 9.17) is 9.84 Å². The molecule has 0 bridgehead atoms. The zero-order valence-corrected chi connectivity index (χ0v) is 10.1. The van der Waals surface area contributed by atoms with Crippen molar-refractivity contribution in [3.8, 4) is 0 Å². The second-order valence-corrected chi connectivity index (χ2v) is 4.17. The summed E-state index contributed by atoms with van der Waals surface area (Å²) < 4.78 is 9.57. The lowest BCUT2D eigenvalue weighted by Gasteiger charge is -2.23. The summed E-state index contributed by atoms with van der Waals surface area (Å²) >= 11 is 0. The van der Waals surface area contributed by atoms with Crippen molar-refractivity contribution in [1.82, 2.24) is 20.8 Å². The second-order valence-electron chi connectivity index (χ2n) is 4.17. The number of nitrogens with zero attached hydrogens (tertiary/aromatic N) is 2. The van der Waals surface area contributed by atoms with Crippen molar-refractivity contribution in [3.63, 3.8) is 0 Å². The molecule has 2 heterocycles. The number of hydrogen-bond donors (Lipinski definition) is 3. The van der Waals surface area contributed by atoms with Crippen LogP contribution in [0.3, 0.4) is 0 Å². The van der Waals surface area contributed by atoms with E-state index in [9.17, 15) is 9.59 Å². The number of nitrogens with one attached hydrogen (secondary N) is 2. The number of ether oxygens (including phenoxy) is 1. The van der Waals surface area contributed by atoms with Crippen LogP contribution in [0.25, 0.3) is 0 Å². The molecule has 0 saturated carbocycles. The highest BCUT2D eigenvalue weighted by Crippen LogP contribution is 2.18. The lowest BCUT2D eigenvalue weighted by atomic mass is 9.99. The van der Waals surface area contributed by atoms with Crippen LogP contribution in [0.15, 0.2) is 10.9 Å². The molecule has 3 N–H and O–H groups in total. The van der Waals surface area contributed by atoms with Crippen molar-refractivity contribution in [2.75, 3.05) is 19.8 Å². The van der Waals surface area contributed by atoms with Crippen LogP contribution >= 0.6 is 0 Å².